The van der Waals surface area contributed by atoms with E-state index in [2.05, 4.69) is 20.0 Å². The van der Waals surface area contributed by atoms with Crippen molar-refractivity contribution in [3.05, 3.63) is 64.1 Å². The van der Waals surface area contributed by atoms with Gasteiger partial charge in [0.05, 0.1) is 18.7 Å². The van der Waals surface area contributed by atoms with Crippen molar-refractivity contribution in [3.8, 4) is 22.1 Å². The Labute approximate surface area is 209 Å². The van der Waals surface area contributed by atoms with Gasteiger partial charge in [-0.3, -0.25) is 0 Å². The van der Waals surface area contributed by atoms with E-state index >= 15 is 0 Å². The molecule has 2 aromatic carbocycles. The maximum absolute atomic E-state index is 12.5. The lowest BCUT2D eigenvalue weighted by Crippen LogP contribution is -2.17. The van der Waals surface area contributed by atoms with Gasteiger partial charge in [-0.05, 0) is 47.7 Å². The summed E-state index contributed by atoms with van der Waals surface area (Å²) < 4.78 is 47.9. The number of carboxylic acid groups (broad SMARTS) is 1. The molecule has 2 heterocycles. The third-order valence-electron chi connectivity index (χ3n) is 4.47. The number of hydrogen-bond donors (Lipinski definition) is 1. The number of rotatable bonds is 8. The lowest BCUT2D eigenvalue weighted by Gasteiger charge is -2.10. The molecule has 0 amide bonds. The minimum Gasteiger partial charge on any atom is -0.497 e. The molecular formula is C21H14ClF3N4O4S2. The normalized spacial score (nSPS) is 11.5. The van der Waals surface area contributed by atoms with E-state index in [0.717, 1.165) is 23.4 Å². The monoisotopic (exact) mass is 542 g/mol. The zero-order valence-corrected chi connectivity index (χ0v) is 20.0. The van der Waals surface area contributed by atoms with E-state index < -0.39 is 18.1 Å². The highest BCUT2D eigenvalue weighted by Gasteiger charge is 2.32. The van der Waals surface area contributed by atoms with E-state index in [0.29, 0.717) is 21.3 Å². The standard InChI is InChI=1S/C21H14ClF3N4O4S2/c1-32-13-5-2-11(3-6-13)9-29-19(17(20(30)31)27-28-29)35-16-10-34-18(26-16)12-4-7-15(14(22)8-12)33-21(23,24)25/h2-8,10H,9H2,1H3,(H,30,31). The van der Waals surface area contributed by atoms with Crippen molar-refractivity contribution in [1.82, 2.24) is 20.0 Å². The summed E-state index contributed by atoms with van der Waals surface area (Å²) in [4.78, 5) is 16.1. The van der Waals surface area contributed by atoms with Gasteiger partial charge in [0, 0.05) is 10.9 Å². The summed E-state index contributed by atoms with van der Waals surface area (Å²) in [5, 5.41) is 20.0. The van der Waals surface area contributed by atoms with Gasteiger partial charge in [0.2, 0.25) is 5.69 Å². The van der Waals surface area contributed by atoms with Crippen LogP contribution in [-0.2, 0) is 6.54 Å². The number of nitrogens with zero attached hydrogens (tertiary/aromatic N) is 4. The molecular weight excluding hydrogens is 529 g/mol. The van der Waals surface area contributed by atoms with Gasteiger partial charge in [-0.15, -0.1) is 29.6 Å². The molecule has 14 heteroatoms. The third kappa shape index (κ3) is 6.05. The lowest BCUT2D eigenvalue weighted by molar-refractivity contribution is -0.274. The molecule has 0 fully saturated rings. The Morgan fingerprint density at radius 1 is 1.23 bits per heavy atom. The van der Waals surface area contributed by atoms with Gasteiger partial charge >= 0.3 is 12.3 Å². The van der Waals surface area contributed by atoms with Crippen molar-refractivity contribution in [3.63, 3.8) is 0 Å². The van der Waals surface area contributed by atoms with E-state index in [1.165, 1.54) is 28.2 Å². The fourth-order valence-electron chi connectivity index (χ4n) is 2.93. The first-order valence-electron chi connectivity index (χ1n) is 9.61. The first-order chi connectivity index (χ1) is 16.6. The highest BCUT2D eigenvalue weighted by molar-refractivity contribution is 7.99. The summed E-state index contributed by atoms with van der Waals surface area (Å²) in [5.41, 5.74) is 1.10. The maximum atomic E-state index is 12.5. The highest BCUT2D eigenvalue weighted by atomic mass is 35.5. The van der Waals surface area contributed by atoms with Crippen LogP contribution in [0, 0.1) is 0 Å². The van der Waals surface area contributed by atoms with Crippen LogP contribution in [0.4, 0.5) is 13.2 Å². The van der Waals surface area contributed by atoms with E-state index in [1.54, 1.807) is 24.6 Å². The number of benzene rings is 2. The van der Waals surface area contributed by atoms with Crippen molar-refractivity contribution in [2.24, 2.45) is 0 Å². The molecule has 4 aromatic rings. The first kappa shape index (κ1) is 24.8. The van der Waals surface area contributed by atoms with Crippen LogP contribution in [-0.4, -0.2) is 44.5 Å². The molecule has 35 heavy (non-hydrogen) atoms. The van der Waals surface area contributed by atoms with Gasteiger partial charge in [-0.25, -0.2) is 14.5 Å². The zero-order chi connectivity index (χ0) is 25.2. The van der Waals surface area contributed by atoms with Gasteiger partial charge in [0.25, 0.3) is 0 Å². The van der Waals surface area contributed by atoms with Crippen LogP contribution in [0.2, 0.25) is 5.02 Å². The number of thiazole rings is 1. The molecule has 0 aliphatic carbocycles. The fraction of sp³-hybridized carbons (Fsp3) is 0.143. The number of carbonyl (C=O) groups is 1. The first-order valence-corrected chi connectivity index (χ1v) is 11.7. The van der Waals surface area contributed by atoms with E-state index in [4.69, 9.17) is 16.3 Å². The quantitative estimate of drug-likeness (QED) is 0.295. The summed E-state index contributed by atoms with van der Waals surface area (Å²) in [6.45, 7) is 0.264. The number of aromatic carboxylic acids is 1. The number of aromatic nitrogens is 4. The molecule has 4 rings (SSSR count). The Balaban J connectivity index is 1.57. The number of carboxylic acids is 1. The summed E-state index contributed by atoms with van der Waals surface area (Å²) in [6, 6.07) is 11.0. The van der Waals surface area contributed by atoms with Crippen molar-refractivity contribution in [1.29, 1.82) is 0 Å². The maximum Gasteiger partial charge on any atom is 0.573 e. The Morgan fingerprint density at radius 3 is 2.60 bits per heavy atom. The molecule has 0 aliphatic rings. The number of ether oxygens (including phenoxy) is 2. The topological polar surface area (TPSA) is 99.4 Å². The number of hydrogen-bond acceptors (Lipinski definition) is 8. The van der Waals surface area contributed by atoms with Crippen LogP contribution in [0.3, 0.4) is 0 Å². The van der Waals surface area contributed by atoms with Gasteiger partial charge in [0.15, 0.2) is 0 Å². The Morgan fingerprint density at radius 2 is 1.97 bits per heavy atom. The Hall–Kier alpha value is -3.29. The largest absolute Gasteiger partial charge is 0.573 e. The molecule has 0 spiro atoms. The minimum absolute atomic E-state index is 0.223. The molecule has 8 nitrogen and oxygen atoms in total. The molecule has 182 valence electrons. The average Bonchev–Trinajstić information content (AvgIpc) is 3.43. The van der Waals surface area contributed by atoms with Crippen LogP contribution in [0.1, 0.15) is 16.1 Å². The second-order valence-corrected chi connectivity index (χ2v) is 9.11. The van der Waals surface area contributed by atoms with E-state index in [9.17, 15) is 23.1 Å². The van der Waals surface area contributed by atoms with Crippen LogP contribution >= 0.6 is 34.7 Å². The zero-order valence-electron chi connectivity index (χ0n) is 17.6. The summed E-state index contributed by atoms with van der Waals surface area (Å²) >= 11 is 8.21. The second kappa shape index (κ2) is 10.1. The molecule has 0 saturated heterocycles. The summed E-state index contributed by atoms with van der Waals surface area (Å²) in [6.07, 6.45) is -4.86. The minimum atomic E-state index is -4.86. The van der Waals surface area contributed by atoms with Crippen molar-refractivity contribution in [2.45, 2.75) is 23.0 Å². The number of methoxy groups -OCH3 is 1. The molecule has 2 aromatic heterocycles. The van der Waals surface area contributed by atoms with Crippen LogP contribution in [0.15, 0.2) is 57.9 Å². The smallest absolute Gasteiger partial charge is 0.497 e. The Kier molecular flexibility index (Phi) is 7.19. The van der Waals surface area contributed by atoms with Crippen LogP contribution < -0.4 is 9.47 Å². The Bertz CT molecular complexity index is 1360. The molecule has 0 bridgehead atoms. The van der Waals surface area contributed by atoms with E-state index in [-0.39, 0.29) is 22.3 Å². The molecule has 1 N–H and O–H groups in total. The molecule has 0 radical (unpaired) electrons. The van der Waals surface area contributed by atoms with Gasteiger partial charge in [0.1, 0.15) is 26.6 Å². The van der Waals surface area contributed by atoms with Crippen LogP contribution in [0.5, 0.6) is 11.5 Å². The lowest BCUT2D eigenvalue weighted by atomic mass is 10.2. The molecule has 0 unspecified atom stereocenters. The van der Waals surface area contributed by atoms with Gasteiger partial charge < -0.3 is 14.6 Å². The molecule has 0 saturated carbocycles. The SMILES string of the molecule is COc1ccc(Cn2nnc(C(=O)O)c2Sc2csc(-c3ccc(OC(F)(F)F)c(Cl)c3)n2)cc1. The van der Waals surface area contributed by atoms with Gasteiger partial charge in [-0.2, -0.15) is 0 Å². The van der Waals surface area contributed by atoms with Crippen molar-refractivity contribution in [2.75, 3.05) is 7.11 Å². The van der Waals surface area contributed by atoms with Crippen molar-refractivity contribution >= 4 is 40.7 Å². The average molecular weight is 543 g/mol. The number of alkyl halides is 3. The van der Waals surface area contributed by atoms with E-state index in [1.807, 2.05) is 12.1 Å². The predicted octanol–water partition coefficient (Wildman–Crippen LogP) is 5.86. The third-order valence-corrected chi connectivity index (χ3v) is 6.82. The molecule has 0 atom stereocenters. The van der Waals surface area contributed by atoms with Crippen molar-refractivity contribution < 1.29 is 32.5 Å². The second-order valence-electron chi connectivity index (χ2n) is 6.84. The fourth-order valence-corrected chi connectivity index (χ4v) is 4.98. The number of halogens is 4. The van der Waals surface area contributed by atoms with Gasteiger partial charge in [-0.1, -0.05) is 28.9 Å². The van der Waals surface area contributed by atoms with Crippen LogP contribution in [0.25, 0.3) is 10.6 Å². The predicted molar refractivity (Wildman–Crippen MR) is 122 cm³/mol. The highest BCUT2D eigenvalue weighted by Crippen LogP contribution is 2.37. The molecule has 0 aliphatic heterocycles. The summed E-state index contributed by atoms with van der Waals surface area (Å²) in [5.74, 6) is -1.08. The summed E-state index contributed by atoms with van der Waals surface area (Å²) in [7, 11) is 1.56.